The fraction of sp³-hybridized carbons (Fsp3) is 0.286. The number of carbonyl (C=O) groups is 2. The number of aromatic amines is 2. The first-order valence-corrected chi connectivity index (χ1v) is 14.9. The normalized spacial score (nSPS) is 10.9. The number of aryl methyl sites for hydroxylation is 2. The molecule has 2 aromatic heterocycles. The van der Waals surface area contributed by atoms with E-state index in [0.717, 1.165) is 23.6 Å². The van der Waals surface area contributed by atoms with Crippen molar-refractivity contribution in [3.63, 3.8) is 0 Å². The molecule has 0 saturated heterocycles. The first kappa shape index (κ1) is 29.1. The second-order valence-corrected chi connectivity index (χ2v) is 11.0. The van der Waals surface area contributed by atoms with E-state index in [1.165, 1.54) is 35.7 Å². The van der Waals surface area contributed by atoms with Gasteiger partial charge in [-0.25, -0.2) is 9.97 Å². The quantitative estimate of drug-likeness (QED) is 0.143. The summed E-state index contributed by atoms with van der Waals surface area (Å²) < 4.78 is 0. The van der Waals surface area contributed by atoms with Crippen molar-refractivity contribution >= 4 is 57.5 Å². The summed E-state index contributed by atoms with van der Waals surface area (Å²) >= 11 is 2.34. The van der Waals surface area contributed by atoms with Crippen molar-refractivity contribution in [2.75, 3.05) is 22.1 Å². The van der Waals surface area contributed by atoms with E-state index in [1.807, 2.05) is 50.2 Å². The fourth-order valence-electron chi connectivity index (χ4n) is 3.94. The Morgan fingerprint density at radius 1 is 0.700 bits per heavy atom. The molecule has 10 nitrogen and oxygen atoms in total. The number of rotatable bonds is 12. The summed E-state index contributed by atoms with van der Waals surface area (Å²) in [7, 11) is 0. The van der Waals surface area contributed by atoms with Crippen molar-refractivity contribution in [3.05, 3.63) is 80.6 Å². The summed E-state index contributed by atoms with van der Waals surface area (Å²) in [6.45, 7) is 4.03. The highest BCUT2D eigenvalue weighted by atomic mass is 32.2. The van der Waals surface area contributed by atoms with Gasteiger partial charge < -0.3 is 20.6 Å². The molecule has 2 heterocycles. The van der Waals surface area contributed by atoms with Gasteiger partial charge in [-0.2, -0.15) is 0 Å². The number of fused-ring (bicyclic) bond motifs is 1. The summed E-state index contributed by atoms with van der Waals surface area (Å²) in [5, 5.41) is 8.36. The molecule has 4 N–H and O–H groups in total. The molecule has 0 aliphatic heterocycles. The molecule has 2 aromatic carbocycles. The molecule has 0 atom stereocenters. The van der Waals surface area contributed by atoms with Crippen molar-refractivity contribution in [1.82, 2.24) is 19.9 Å². The average molecular weight is 579 g/mol. The Labute approximate surface area is 239 Å². The van der Waals surface area contributed by atoms with E-state index in [9.17, 15) is 19.2 Å². The monoisotopic (exact) mass is 578 g/mol. The van der Waals surface area contributed by atoms with Crippen LogP contribution in [0.4, 0.5) is 11.4 Å². The third kappa shape index (κ3) is 8.55. The van der Waals surface area contributed by atoms with Gasteiger partial charge in [0.25, 0.3) is 11.1 Å². The smallest absolute Gasteiger partial charge is 0.251 e. The highest BCUT2D eigenvalue weighted by Gasteiger charge is 2.10. The predicted octanol–water partition coefficient (Wildman–Crippen LogP) is 4.37. The Morgan fingerprint density at radius 2 is 1.15 bits per heavy atom. The number of hydrogen-bond acceptors (Lipinski definition) is 8. The number of nitrogens with zero attached hydrogens (tertiary/aromatic N) is 2. The SMILES string of the molecule is CCCc1cc(=O)[nH]c(SCC(=O)Nc2ccc3ccc(NC(=O)CSc4nc(CCC)cc(=O)[nH]4)cc3c2)n1. The molecular weight excluding hydrogens is 548 g/mol. The van der Waals surface area contributed by atoms with Gasteiger partial charge in [0.15, 0.2) is 10.3 Å². The van der Waals surface area contributed by atoms with Crippen molar-refractivity contribution in [2.24, 2.45) is 0 Å². The molecule has 40 heavy (non-hydrogen) atoms. The Balaban J connectivity index is 1.34. The van der Waals surface area contributed by atoms with Crippen LogP contribution in [0.25, 0.3) is 10.8 Å². The molecule has 2 amide bonds. The van der Waals surface area contributed by atoms with Gasteiger partial charge in [-0.05, 0) is 47.9 Å². The van der Waals surface area contributed by atoms with E-state index in [2.05, 4.69) is 30.6 Å². The number of thioether (sulfide) groups is 2. The van der Waals surface area contributed by atoms with Gasteiger partial charge in [0.1, 0.15) is 0 Å². The molecule has 0 spiro atoms. The second-order valence-electron chi connectivity index (χ2n) is 9.03. The van der Waals surface area contributed by atoms with Crippen LogP contribution in [0.15, 0.2) is 68.4 Å². The molecule has 0 unspecified atom stereocenters. The van der Waals surface area contributed by atoms with E-state index in [0.29, 0.717) is 45.9 Å². The summed E-state index contributed by atoms with van der Waals surface area (Å²) in [6.07, 6.45) is 3.15. The van der Waals surface area contributed by atoms with Gasteiger partial charge in [-0.1, -0.05) is 62.3 Å². The van der Waals surface area contributed by atoms with Crippen molar-refractivity contribution in [2.45, 2.75) is 49.8 Å². The Morgan fingerprint density at radius 3 is 1.57 bits per heavy atom. The van der Waals surface area contributed by atoms with E-state index in [1.54, 1.807) is 0 Å². The van der Waals surface area contributed by atoms with Crippen LogP contribution in [-0.4, -0.2) is 43.3 Å². The lowest BCUT2D eigenvalue weighted by Crippen LogP contribution is -2.16. The highest BCUT2D eigenvalue weighted by Crippen LogP contribution is 2.24. The van der Waals surface area contributed by atoms with Crippen LogP contribution in [0.1, 0.15) is 38.1 Å². The van der Waals surface area contributed by atoms with Crippen LogP contribution < -0.4 is 21.8 Å². The first-order valence-electron chi connectivity index (χ1n) is 12.9. The van der Waals surface area contributed by atoms with Crippen molar-refractivity contribution in [1.29, 1.82) is 0 Å². The Hall–Kier alpha value is -3.90. The predicted molar refractivity (Wildman–Crippen MR) is 160 cm³/mol. The second kappa shape index (κ2) is 13.9. The van der Waals surface area contributed by atoms with Crippen LogP contribution in [0, 0.1) is 0 Å². The van der Waals surface area contributed by atoms with Crippen LogP contribution >= 0.6 is 23.5 Å². The zero-order valence-electron chi connectivity index (χ0n) is 22.2. The third-order valence-corrected chi connectivity index (χ3v) is 7.39. The maximum absolute atomic E-state index is 12.6. The largest absolute Gasteiger partial charge is 0.325 e. The van der Waals surface area contributed by atoms with E-state index in [4.69, 9.17) is 0 Å². The molecule has 4 aromatic rings. The van der Waals surface area contributed by atoms with Gasteiger partial charge in [0, 0.05) is 34.9 Å². The number of nitrogens with one attached hydrogen (secondary N) is 4. The number of H-pyrrole nitrogens is 2. The molecule has 0 fully saturated rings. The minimum atomic E-state index is -0.232. The lowest BCUT2D eigenvalue weighted by Gasteiger charge is -2.09. The number of carbonyl (C=O) groups excluding carboxylic acids is 2. The lowest BCUT2D eigenvalue weighted by molar-refractivity contribution is -0.114. The van der Waals surface area contributed by atoms with Gasteiger partial charge >= 0.3 is 0 Å². The zero-order valence-corrected chi connectivity index (χ0v) is 23.8. The summed E-state index contributed by atoms with van der Waals surface area (Å²) in [5.41, 5.74) is 2.17. The molecular formula is C28H30N6O4S2. The fourth-order valence-corrected chi connectivity index (χ4v) is 5.33. The standard InChI is InChI=1S/C28H30N6O4S2/c1-3-5-19-13-23(35)33-27(31-19)39-15-25(37)29-21-9-7-17-8-10-22(12-18(17)11-21)30-26(38)16-40-28-32-20(6-4-2)14-24(36)34-28/h7-14H,3-6,15-16H2,1-2H3,(H,29,37)(H,30,38)(H,31,33,35)(H,32,34,36). The molecule has 208 valence electrons. The first-order chi connectivity index (χ1) is 19.3. The van der Waals surface area contributed by atoms with Gasteiger partial charge in [-0.3, -0.25) is 19.2 Å². The maximum Gasteiger partial charge on any atom is 0.251 e. The zero-order chi connectivity index (χ0) is 28.5. The number of benzene rings is 2. The number of aromatic nitrogens is 4. The van der Waals surface area contributed by atoms with Crippen LogP contribution in [-0.2, 0) is 22.4 Å². The van der Waals surface area contributed by atoms with Crippen LogP contribution in [0.2, 0.25) is 0 Å². The average Bonchev–Trinajstić information content (AvgIpc) is 2.90. The molecule has 0 aliphatic carbocycles. The van der Waals surface area contributed by atoms with Crippen molar-refractivity contribution in [3.8, 4) is 0 Å². The highest BCUT2D eigenvalue weighted by molar-refractivity contribution is 8.00. The van der Waals surface area contributed by atoms with Gasteiger partial charge in [0.2, 0.25) is 11.8 Å². The molecule has 0 radical (unpaired) electrons. The molecule has 4 rings (SSSR count). The molecule has 0 aliphatic rings. The summed E-state index contributed by atoms with van der Waals surface area (Å²) in [6, 6.07) is 14.0. The van der Waals surface area contributed by atoms with Gasteiger partial charge in [0.05, 0.1) is 11.5 Å². The molecule has 12 heteroatoms. The van der Waals surface area contributed by atoms with E-state index in [-0.39, 0.29) is 34.4 Å². The Bertz CT molecular complexity index is 1520. The maximum atomic E-state index is 12.6. The van der Waals surface area contributed by atoms with Crippen LogP contribution in [0.3, 0.4) is 0 Å². The minimum absolute atomic E-state index is 0.0891. The number of anilines is 2. The van der Waals surface area contributed by atoms with Crippen LogP contribution in [0.5, 0.6) is 0 Å². The summed E-state index contributed by atoms with van der Waals surface area (Å²) in [4.78, 5) is 62.9. The molecule has 0 saturated carbocycles. The minimum Gasteiger partial charge on any atom is -0.325 e. The lowest BCUT2D eigenvalue weighted by atomic mass is 10.1. The summed E-state index contributed by atoms with van der Waals surface area (Å²) in [5.74, 6) is -0.287. The topological polar surface area (TPSA) is 150 Å². The van der Waals surface area contributed by atoms with E-state index < -0.39 is 0 Å². The number of amides is 2. The van der Waals surface area contributed by atoms with E-state index >= 15 is 0 Å². The molecule has 0 bridgehead atoms. The van der Waals surface area contributed by atoms with Crippen molar-refractivity contribution < 1.29 is 9.59 Å². The Kier molecular flexibility index (Phi) is 10.1. The third-order valence-electron chi connectivity index (χ3n) is 5.65. The van der Waals surface area contributed by atoms with Gasteiger partial charge in [-0.15, -0.1) is 0 Å². The number of hydrogen-bond donors (Lipinski definition) is 4.